The van der Waals surface area contributed by atoms with E-state index in [4.69, 9.17) is 2.74 Å². The molecule has 0 aromatic rings. The van der Waals surface area contributed by atoms with E-state index in [1.54, 1.807) is 6.92 Å². The number of ether oxygens (including phenoxy) is 1. The first kappa shape index (κ1) is 4.13. The highest BCUT2D eigenvalue weighted by Crippen LogP contribution is 1.89. The second-order valence-electron chi connectivity index (χ2n) is 1.35. The molecular formula is C6H10O2. The van der Waals surface area contributed by atoms with Crippen molar-refractivity contribution in [2.45, 2.75) is 13.8 Å². The zero-order valence-electron chi connectivity index (χ0n) is 7.02. The van der Waals surface area contributed by atoms with Crippen molar-refractivity contribution in [1.82, 2.24) is 0 Å². The average Bonchev–Trinajstić information content (AvgIpc) is 1.87. The van der Waals surface area contributed by atoms with Gasteiger partial charge in [-0.3, -0.25) is 0 Å². The predicted octanol–water partition coefficient (Wildman–Crippen LogP) is 1.13. The van der Waals surface area contributed by atoms with Gasteiger partial charge < -0.3 is 4.74 Å². The van der Waals surface area contributed by atoms with Crippen molar-refractivity contribution in [3.8, 4) is 0 Å². The number of esters is 1. The molecule has 0 aromatic heterocycles. The van der Waals surface area contributed by atoms with E-state index in [0.29, 0.717) is 0 Å². The van der Waals surface area contributed by atoms with Crippen molar-refractivity contribution in [2.24, 2.45) is 0 Å². The fraction of sp³-hybridized carbons (Fsp3) is 0.500. The smallest absolute Gasteiger partial charge is 0.333 e. The van der Waals surface area contributed by atoms with Crippen LogP contribution in [0.5, 0.6) is 0 Å². The van der Waals surface area contributed by atoms with Gasteiger partial charge in [0, 0.05) is 5.57 Å². The van der Waals surface area contributed by atoms with Crippen LogP contribution in [-0.2, 0) is 9.53 Å². The number of carbonyl (C=O) groups is 1. The van der Waals surface area contributed by atoms with E-state index in [2.05, 4.69) is 4.74 Å². The number of hydrogen-bond acceptors (Lipinski definition) is 2. The Morgan fingerprint density at radius 2 is 2.62 bits per heavy atom. The molecule has 0 spiro atoms. The van der Waals surface area contributed by atoms with Gasteiger partial charge in [-0.15, -0.1) is 0 Å². The third-order valence-corrected chi connectivity index (χ3v) is 0.582. The van der Waals surface area contributed by atoms with E-state index in [9.17, 15) is 4.79 Å². The van der Waals surface area contributed by atoms with Crippen LogP contribution in [0.15, 0.2) is 12.1 Å². The number of rotatable bonds is 2. The third-order valence-electron chi connectivity index (χ3n) is 0.582. The fourth-order valence-electron chi connectivity index (χ4n) is 0.239. The van der Waals surface area contributed by atoms with Crippen LogP contribution in [0.25, 0.3) is 0 Å². The molecule has 46 valence electrons. The molecule has 0 aliphatic heterocycles. The highest BCUT2D eigenvalue weighted by molar-refractivity contribution is 5.86. The molecule has 0 saturated heterocycles. The Hall–Kier alpha value is -0.790. The van der Waals surface area contributed by atoms with Gasteiger partial charge in [-0.1, -0.05) is 6.53 Å². The fourth-order valence-corrected chi connectivity index (χ4v) is 0.239. The Kier molecular flexibility index (Phi) is 1.67. The summed E-state index contributed by atoms with van der Waals surface area (Å²) in [6.07, 6.45) is 0. The summed E-state index contributed by atoms with van der Waals surface area (Å²) in [4.78, 5) is 10.7. The zero-order valence-corrected chi connectivity index (χ0v) is 5.02. The molecule has 0 fully saturated rings. The first-order chi connectivity index (χ1) is 4.59. The van der Waals surface area contributed by atoms with Gasteiger partial charge in [-0.25, -0.2) is 4.79 Å². The Morgan fingerprint density at radius 3 is 3.00 bits per heavy atom. The molecule has 0 rings (SSSR count). The average molecular weight is 116 g/mol. The van der Waals surface area contributed by atoms with Gasteiger partial charge in [0.05, 0.1) is 9.35 Å². The third kappa shape index (κ3) is 2.39. The van der Waals surface area contributed by atoms with Crippen LogP contribution in [0.3, 0.4) is 0 Å². The standard InChI is InChI=1S/C6H10O2/c1-4-8-6(7)5(2)3/h2,4H2,1,3H3/i2D2. The molecule has 0 radical (unpaired) electrons. The number of carbonyl (C=O) groups excluding carboxylic acids is 1. The molecule has 0 aliphatic carbocycles. The Labute approximate surface area is 52.0 Å². The van der Waals surface area contributed by atoms with Gasteiger partial charge in [0.1, 0.15) is 0 Å². The minimum absolute atomic E-state index is 0.0434. The zero-order chi connectivity index (χ0) is 8.15. The van der Waals surface area contributed by atoms with Gasteiger partial charge in [0.15, 0.2) is 0 Å². The maximum absolute atomic E-state index is 10.7. The van der Waals surface area contributed by atoms with Gasteiger partial charge in [-0.05, 0) is 13.8 Å². The van der Waals surface area contributed by atoms with Crippen LogP contribution < -0.4 is 0 Å². The normalized spacial score (nSPS) is 11.2. The molecule has 0 amide bonds. The molecule has 0 heterocycles. The molecule has 2 heteroatoms. The van der Waals surface area contributed by atoms with Crippen molar-refractivity contribution < 1.29 is 12.3 Å². The molecule has 0 aromatic carbocycles. The Balaban J connectivity index is 4.09. The Bertz CT molecular complexity index is 159. The van der Waals surface area contributed by atoms with Gasteiger partial charge in [-0.2, -0.15) is 0 Å². The molecule has 8 heavy (non-hydrogen) atoms. The molecule has 0 aliphatic rings. The van der Waals surface area contributed by atoms with Crippen LogP contribution in [0.1, 0.15) is 16.6 Å². The topological polar surface area (TPSA) is 26.3 Å². The molecule has 0 saturated carbocycles. The molecule has 0 unspecified atom stereocenters. The van der Waals surface area contributed by atoms with E-state index in [-0.39, 0.29) is 12.2 Å². The Morgan fingerprint density at radius 1 is 2.00 bits per heavy atom. The molecule has 0 bridgehead atoms. The van der Waals surface area contributed by atoms with E-state index >= 15 is 0 Å². The van der Waals surface area contributed by atoms with Crippen LogP contribution in [0.2, 0.25) is 0 Å². The largest absolute Gasteiger partial charge is 0.463 e. The van der Waals surface area contributed by atoms with E-state index in [0.717, 1.165) is 0 Å². The summed E-state index contributed by atoms with van der Waals surface area (Å²) in [5.41, 5.74) is 0.0434. The van der Waals surface area contributed by atoms with Gasteiger partial charge in [0.25, 0.3) is 0 Å². The van der Waals surface area contributed by atoms with Gasteiger partial charge in [0.2, 0.25) is 0 Å². The molecular weight excluding hydrogens is 104 g/mol. The quantitative estimate of drug-likeness (QED) is 0.399. The monoisotopic (exact) mass is 116 g/mol. The summed E-state index contributed by atoms with van der Waals surface area (Å²) in [5.74, 6) is -0.581. The van der Waals surface area contributed by atoms with Crippen molar-refractivity contribution in [3.05, 3.63) is 12.1 Å². The van der Waals surface area contributed by atoms with E-state index in [1.165, 1.54) is 6.92 Å². The lowest BCUT2D eigenvalue weighted by Crippen LogP contribution is -2.03. The maximum Gasteiger partial charge on any atom is 0.333 e. The van der Waals surface area contributed by atoms with Crippen molar-refractivity contribution in [2.75, 3.05) is 6.61 Å². The number of hydrogen-bond donors (Lipinski definition) is 0. The first-order valence-corrected chi connectivity index (χ1v) is 2.40. The second kappa shape index (κ2) is 3.24. The van der Waals surface area contributed by atoms with Crippen LogP contribution >= 0.6 is 0 Å². The highest BCUT2D eigenvalue weighted by atomic mass is 16.5. The van der Waals surface area contributed by atoms with Crippen LogP contribution in [-0.4, -0.2) is 12.6 Å². The van der Waals surface area contributed by atoms with Crippen molar-refractivity contribution in [3.63, 3.8) is 0 Å². The minimum Gasteiger partial charge on any atom is -0.463 e. The summed E-state index contributed by atoms with van der Waals surface area (Å²) >= 11 is 0. The summed E-state index contributed by atoms with van der Waals surface area (Å²) in [5, 5.41) is 0. The highest BCUT2D eigenvalue weighted by Gasteiger charge is 1.98. The SMILES string of the molecule is [2H]C([2H])=C(C)C(=O)OCC. The second-order valence-corrected chi connectivity index (χ2v) is 1.35. The minimum atomic E-state index is -0.581. The van der Waals surface area contributed by atoms with Crippen LogP contribution in [0, 0.1) is 0 Å². The summed E-state index contributed by atoms with van der Waals surface area (Å²) < 4.78 is 18.0. The van der Waals surface area contributed by atoms with Crippen LogP contribution in [0.4, 0.5) is 0 Å². The lowest BCUT2D eigenvalue weighted by atomic mass is 10.4. The predicted molar refractivity (Wildman–Crippen MR) is 31.4 cm³/mol. The lowest BCUT2D eigenvalue weighted by molar-refractivity contribution is -0.138. The van der Waals surface area contributed by atoms with Crippen molar-refractivity contribution in [1.29, 1.82) is 0 Å². The summed E-state index contributed by atoms with van der Waals surface area (Å²) in [6.45, 7) is 2.87. The summed E-state index contributed by atoms with van der Waals surface area (Å²) in [6, 6.07) is 0. The maximum atomic E-state index is 10.7. The van der Waals surface area contributed by atoms with Crippen molar-refractivity contribution >= 4 is 5.97 Å². The van der Waals surface area contributed by atoms with E-state index < -0.39 is 12.5 Å². The molecule has 0 atom stereocenters. The van der Waals surface area contributed by atoms with E-state index in [1.807, 2.05) is 0 Å². The molecule has 0 N–H and O–H groups in total. The van der Waals surface area contributed by atoms with Gasteiger partial charge >= 0.3 is 5.97 Å². The first-order valence-electron chi connectivity index (χ1n) is 3.40. The summed E-state index contributed by atoms with van der Waals surface area (Å²) in [7, 11) is 0. The molecule has 2 nitrogen and oxygen atoms in total. The lowest BCUT2D eigenvalue weighted by Gasteiger charge is -1.96.